The Morgan fingerprint density at radius 3 is 2.33 bits per heavy atom. The molecule has 0 heterocycles. The number of hydrogen-bond acceptors (Lipinski definition) is 2. The van der Waals surface area contributed by atoms with E-state index in [4.69, 9.17) is 14.6 Å². The van der Waals surface area contributed by atoms with Gasteiger partial charge in [-0.15, -0.1) is 0 Å². The van der Waals surface area contributed by atoms with Gasteiger partial charge in [0.15, 0.2) is 0 Å². The van der Waals surface area contributed by atoms with Crippen LogP contribution in [0.15, 0.2) is 30.3 Å². The van der Waals surface area contributed by atoms with Crippen LogP contribution in [-0.4, -0.2) is 16.0 Å². The van der Waals surface area contributed by atoms with Gasteiger partial charge >= 0.3 is 86.0 Å². The number of aliphatic carboxylic acids is 1. The van der Waals surface area contributed by atoms with Crippen LogP contribution in [0.1, 0.15) is 6.42 Å². The van der Waals surface area contributed by atoms with E-state index in [1.54, 1.807) is 0 Å². The Morgan fingerprint density at radius 1 is 1.33 bits per heavy atom. The molecular weight excluding hydrogens is 259 g/mol. The standard InChI is InChI=1S/C6H5.C3H5O2.Fe.HO2P/c1-2-4-6-5-3-1;1-2-3(4)5;;1-3-2/h1-5H;1-2H2,(H,4,5);;(H,1,2). The van der Waals surface area contributed by atoms with E-state index in [9.17, 15) is 4.79 Å². The summed E-state index contributed by atoms with van der Waals surface area (Å²) in [5, 5.41) is 9.11. The number of benzene rings is 1. The van der Waals surface area contributed by atoms with Gasteiger partial charge in [-0.3, -0.25) is 0 Å². The van der Waals surface area contributed by atoms with Gasteiger partial charge in [0.25, 0.3) is 0 Å². The van der Waals surface area contributed by atoms with E-state index in [2.05, 4.69) is 0 Å². The molecule has 0 saturated carbocycles. The molecule has 0 spiro atoms. The Hall–Kier alpha value is -0.731. The van der Waals surface area contributed by atoms with Gasteiger partial charge < -0.3 is 4.89 Å². The van der Waals surface area contributed by atoms with E-state index < -0.39 is 14.7 Å². The van der Waals surface area contributed by atoms with Gasteiger partial charge in [-0.05, 0) is 0 Å². The van der Waals surface area contributed by atoms with Crippen molar-refractivity contribution in [2.24, 2.45) is 0 Å². The Bertz CT molecular complexity index is 291. The first kappa shape index (κ1) is 14.3. The SMILES string of the molecule is O=C(O)C[CH2][Fe][c]1ccccc1.O=PO. The monoisotopic (exact) mass is 270 g/mol. The van der Waals surface area contributed by atoms with Crippen molar-refractivity contribution in [2.75, 3.05) is 0 Å². The van der Waals surface area contributed by atoms with Crippen molar-refractivity contribution in [2.45, 2.75) is 11.7 Å². The van der Waals surface area contributed by atoms with Gasteiger partial charge in [0, 0.05) is 0 Å². The molecule has 0 aromatic heterocycles. The van der Waals surface area contributed by atoms with E-state index >= 15 is 0 Å². The number of rotatable bonds is 4. The summed E-state index contributed by atoms with van der Waals surface area (Å²) in [7, 11) is -0.833. The van der Waals surface area contributed by atoms with Gasteiger partial charge in [-0.25, -0.2) is 4.57 Å². The predicted molar refractivity (Wildman–Crippen MR) is 53.0 cm³/mol. The summed E-state index contributed by atoms with van der Waals surface area (Å²) in [6, 6.07) is 9.93. The van der Waals surface area contributed by atoms with Crippen LogP contribution in [0.2, 0.25) is 5.32 Å². The fourth-order valence-corrected chi connectivity index (χ4v) is 1.88. The van der Waals surface area contributed by atoms with E-state index in [1.165, 1.54) is 4.46 Å². The fraction of sp³-hybridized carbons (Fsp3) is 0.222. The quantitative estimate of drug-likeness (QED) is 0.641. The van der Waals surface area contributed by atoms with Crippen molar-refractivity contribution in [3.8, 4) is 0 Å². The first-order valence-electron chi connectivity index (χ1n) is 4.00. The number of carboxylic acids is 1. The van der Waals surface area contributed by atoms with E-state index in [0.717, 1.165) is 20.3 Å². The Morgan fingerprint density at radius 2 is 1.87 bits per heavy atom. The topological polar surface area (TPSA) is 74.6 Å². The Labute approximate surface area is 95.8 Å². The van der Waals surface area contributed by atoms with Crippen molar-refractivity contribution >= 4 is 19.1 Å². The van der Waals surface area contributed by atoms with Crippen molar-refractivity contribution in [3.63, 3.8) is 0 Å². The van der Waals surface area contributed by atoms with Crippen molar-refractivity contribution < 1.29 is 34.3 Å². The molecule has 0 radical (unpaired) electrons. The molecule has 1 rings (SSSR count). The maximum absolute atomic E-state index is 10.2. The third kappa shape index (κ3) is 9.57. The molecule has 1 aromatic rings. The third-order valence-electron chi connectivity index (χ3n) is 1.26. The molecule has 0 fully saturated rings. The van der Waals surface area contributed by atoms with Gasteiger partial charge in [0.2, 0.25) is 0 Å². The zero-order valence-electron chi connectivity index (χ0n) is 7.81. The zero-order chi connectivity index (χ0) is 11.5. The van der Waals surface area contributed by atoms with E-state index in [1.807, 2.05) is 30.3 Å². The third-order valence-corrected chi connectivity index (χ3v) is 2.63. The number of hydrogen-bond donors (Lipinski definition) is 2. The molecule has 0 bridgehead atoms. The Balaban J connectivity index is 0.000000583. The summed E-state index contributed by atoms with van der Waals surface area (Å²) >= 11 is 0.854. The maximum Gasteiger partial charge on any atom is 0.324 e. The number of carbonyl (C=O) groups is 1. The molecule has 15 heavy (non-hydrogen) atoms. The minimum atomic E-state index is -0.833. The maximum atomic E-state index is 10.2. The second-order valence-electron chi connectivity index (χ2n) is 2.31. The van der Waals surface area contributed by atoms with Gasteiger partial charge in [-0.1, -0.05) is 0 Å². The summed E-state index contributed by atoms with van der Waals surface area (Å²) in [5.41, 5.74) is 0. The van der Waals surface area contributed by atoms with Crippen LogP contribution in [0.3, 0.4) is 0 Å². The second-order valence-corrected chi connectivity index (χ2v) is 4.05. The molecule has 0 unspecified atom stereocenters. The van der Waals surface area contributed by atoms with Gasteiger partial charge in [0.05, 0.1) is 0 Å². The minimum Gasteiger partial charge on any atom is -0.310 e. The summed E-state index contributed by atoms with van der Waals surface area (Å²) in [6.45, 7) is 0. The van der Waals surface area contributed by atoms with Crippen molar-refractivity contribution in [1.82, 2.24) is 0 Å². The smallest absolute Gasteiger partial charge is 0.310 e. The Kier molecular flexibility index (Phi) is 9.33. The molecule has 0 aliphatic rings. The van der Waals surface area contributed by atoms with Crippen LogP contribution in [0, 0.1) is 0 Å². The molecule has 84 valence electrons. The van der Waals surface area contributed by atoms with Gasteiger partial charge in [-0.2, -0.15) is 0 Å². The van der Waals surface area contributed by atoms with Crippen LogP contribution in [-0.2, 0) is 24.3 Å². The first-order chi connectivity index (χ1) is 7.20. The molecule has 0 aliphatic carbocycles. The van der Waals surface area contributed by atoms with E-state index in [-0.39, 0.29) is 6.42 Å². The van der Waals surface area contributed by atoms with Crippen molar-refractivity contribution in [3.05, 3.63) is 30.3 Å². The predicted octanol–water partition coefficient (Wildman–Crippen LogP) is 1.47. The van der Waals surface area contributed by atoms with Crippen LogP contribution < -0.4 is 4.46 Å². The zero-order valence-corrected chi connectivity index (χ0v) is 9.81. The van der Waals surface area contributed by atoms with Crippen LogP contribution in [0.4, 0.5) is 0 Å². The van der Waals surface area contributed by atoms with Crippen LogP contribution in [0.5, 0.6) is 0 Å². The fourth-order valence-electron chi connectivity index (χ4n) is 0.715. The molecule has 6 heteroatoms. The summed E-state index contributed by atoms with van der Waals surface area (Å²) in [5.74, 6) is -0.717. The van der Waals surface area contributed by atoms with E-state index in [0.29, 0.717) is 0 Å². The average Bonchev–Trinajstić information content (AvgIpc) is 2.20. The normalized spacial score (nSPS) is 9.40. The van der Waals surface area contributed by atoms with Crippen LogP contribution >= 0.6 is 8.69 Å². The molecule has 0 amide bonds. The molecule has 0 atom stereocenters. The molecule has 4 nitrogen and oxygen atoms in total. The molecule has 2 N–H and O–H groups in total. The summed E-state index contributed by atoms with van der Waals surface area (Å²) in [6.07, 6.45) is 0.259. The largest absolute Gasteiger partial charge is 0.324 e. The van der Waals surface area contributed by atoms with Crippen LogP contribution in [0.25, 0.3) is 0 Å². The molecule has 0 saturated heterocycles. The summed E-state index contributed by atoms with van der Waals surface area (Å²) < 4.78 is 9.67. The second kappa shape index (κ2) is 9.81. The van der Waals surface area contributed by atoms with Gasteiger partial charge in [0.1, 0.15) is 0 Å². The molecule has 0 aliphatic heterocycles. The molecule has 1 aromatic carbocycles. The number of carboxylic acid groups (broad SMARTS) is 1. The first-order valence-corrected chi connectivity index (χ1v) is 6.10. The average molecular weight is 270 g/mol. The van der Waals surface area contributed by atoms with Crippen molar-refractivity contribution in [1.29, 1.82) is 0 Å². The molecular formula is C9H11FeO4P. The minimum absolute atomic E-state index is 0.259. The summed E-state index contributed by atoms with van der Waals surface area (Å²) in [4.78, 5) is 17.2.